The van der Waals surface area contributed by atoms with Crippen molar-refractivity contribution in [2.45, 2.75) is 6.42 Å². The van der Waals surface area contributed by atoms with Gasteiger partial charge in [0.15, 0.2) is 0 Å². The number of nitrogens with zero attached hydrogens (tertiary/aromatic N) is 1. The van der Waals surface area contributed by atoms with Crippen molar-refractivity contribution in [3.8, 4) is 0 Å². The van der Waals surface area contributed by atoms with E-state index < -0.39 is 11.7 Å². The van der Waals surface area contributed by atoms with Gasteiger partial charge in [-0.2, -0.15) is 0 Å². The van der Waals surface area contributed by atoms with Gasteiger partial charge in [-0.05, 0) is 54.4 Å². The van der Waals surface area contributed by atoms with Crippen molar-refractivity contribution in [1.29, 1.82) is 0 Å². The van der Waals surface area contributed by atoms with Gasteiger partial charge in [0, 0.05) is 12.1 Å². The Kier molecular flexibility index (Phi) is 5.53. The molecule has 0 aliphatic rings. The average Bonchev–Trinajstić information content (AvgIpc) is 2.65. The molecule has 0 atom stereocenters. The van der Waals surface area contributed by atoms with Crippen LogP contribution >= 0.6 is 0 Å². The second-order valence-electron chi connectivity index (χ2n) is 5.70. The molecule has 2 N–H and O–H groups in total. The fraction of sp³-hybridized carbons (Fsp3) is 0.100. The summed E-state index contributed by atoms with van der Waals surface area (Å²) in [6.07, 6.45) is 2.26. The Hall–Kier alpha value is -3.28. The molecule has 0 radical (unpaired) electrons. The van der Waals surface area contributed by atoms with E-state index >= 15 is 0 Å². The van der Waals surface area contributed by atoms with Gasteiger partial charge in [-0.15, -0.1) is 0 Å². The molecule has 0 bridgehead atoms. The smallest absolute Gasteiger partial charge is 0.255 e. The summed E-state index contributed by atoms with van der Waals surface area (Å²) in [5, 5.41) is 5.83. The Morgan fingerprint density at radius 1 is 0.962 bits per heavy atom. The van der Waals surface area contributed by atoms with Crippen molar-refractivity contribution in [3.05, 3.63) is 89.6 Å². The average molecular weight is 353 g/mol. The molecular weight excluding hydrogens is 336 g/mol. The molecule has 2 aromatic carbocycles. The van der Waals surface area contributed by atoms with E-state index in [-0.39, 0.29) is 11.4 Å². The molecule has 132 valence electrons. The third-order valence-electron chi connectivity index (χ3n) is 3.74. The number of anilines is 2. The number of nitrogens with one attached hydrogen (secondary N) is 2. The highest BCUT2D eigenvalue weighted by Gasteiger charge is 2.07. The zero-order valence-electron chi connectivity index (χ0n) is 13.9. The number of benzene rings is 2. The Labute approximate surface area is 149 Å². The number of pyridine rings is 1. The second-order valence-corrected chi connectivity index (χ2v) is 5.70. The van der Waals surface area contributed by atoms with E-state index in [4.69, 9.17) is 0 Å². The molecule has 6 heteroatoms. The van der Waals surface area contributed by atoms with Crippen LogP contribution in [-0.4, -0.2) is 17.4 Å². The quantitative estimate of drug-likeness (QED) is 0.696. The standard InChI is InChI=1S/C20H17F2N3O/c21-16-6-4-14(5-7-16)10-11-23-19-9-8-18(13-24-19)25-20(26)15-2-1-3-17(22)12-15/h1-9,12-13H,10-11H2,(H,23,24)(H,25,26). The van der Waals surface area contributed by atoms with Gasteiger partial charge in [-0.25, -0.2) is 13.8 Å². The molecule has 0 aliphatic heterocycles. The predicted molar refractivity (Wildman–Crippen MR) is 97.2 cm³/mol. The van der Waals surface area contributed by atoms with E-state index in [0.29, 0.717) is 18.1 Å². The predicted octanol–water partition coefficient (Wildman–Crippen LogP) is 4.27. The lowest BCUT2D eigenvalue weighted by Crippen LogP contribution is -2.12. The number of carbonyl (C=O) groups excluding carboxylic acids is 1. The van der Waals surface area contributed by atoms with E-state index in [1.807, 2.05) is 0 Å². The molecule has 0 spiro atoms. The van der Waals surface area contributed by atoms with Crippen molar-refractivity contribution in [3.63, 3.8) is 0 Å². The number of amides is 1. The summed E-state index contributed by atoms with van der Waals surface area (Å²) < 4.78 is 26.0. The van der Waals surface area contributed by atoms with E-state index in [1.165, 1.54) is 42.6 Å². The van der Waals surface area contributed by atoms with Gasteiger partial charge in [-0.3, -0.25) is 4.79 Å². The van der Waals surface area contributed by atoms with Crippen LogP contribution in [0.2, 0.25) is 0 Å². The molecule has 3 aromatic rings. The minimum absolute atomic E-state index is 0.242. The molecule has 26 heavy (non-hydrogen) atoms. The summed E-state index contributed by atoms with van der Waals surface area (Å²) in [5.41, 5.74) is 1.78. The van der Waals surface area contributed by atoms with Crippen LogP contribution in [0, 0.1) is 11.6 Å². The summed E-state index contributed by atoms with van der Waals surface area (Å²) in [4.78, 5) is 16.3. The lowest BCUT2D eigenvalue weighted by molar-refractivity contribution is 0.102. The zero-order valence-corrected chi connectivity index (χ0v) is 13.9. The summed E-state index contributed by atoms with van der Waals surface area (Å²) >= 11 is 0. The topological polar surface area (TPSA) is 54.0 Å². The summed E-state index contributed by atoms with van der Waals surface area (Å²) in [7, 11) is 0. The first-order chi connectivity index (χ1) is 12.6. The van der Waals surface area contributed by atoms with Crippen LogP contribution in [0.5, 0.6) is 0 Å². The minimum Gasteiger partial charge on any atom is -0.370 e. The van der Waals surface area contributed by atoms with Crippen LogP contribution in [0.25, 0.3) is 0 Å². The summed E-state index contributed by atoms with van der Waals surface area (Å²) in [6, 6.07) is 15.3. The van der Waals surface area contributed by atoms with Crippen LogP contribution < -0.4 is 10.6 Å². The monoisotopic (exact) mass is 353 g/mol. The molecule has 3 rings (SSSR count). The second kappa shape index (κ2) is 8.20. The first kappa shape index (κ1) is 17.5. The third-order valence-corrected chi connectivity index (χ3v) is 3.74. The maximum absolute atomic E-state index is 13.2. The number of hydrogen-bond donors (Lipinski definition) is 2. The molecule has 0 saturated carbocycles. The zero-order chi connectivity index (χ0) is 18.4. The van der Waals surface area contributed by atoms with Crippen LogP contribution in [0.1, 0.15) is 15.9 Å². The van der Waals surface area contributed by atoms with Crippen LogP contribution in [0.15, 0.2) is 66.9 Å². The van der Waals surface area contributed by atoms with Gasteiger partial charge < -0.3 is 10.6 Å². The molecule has 0 unspecified atom stereocenters. The number of carbonyl (C=O) groups is 1. The van der Waals surface area contributed by atoms with E-state index in [2.05, 4.69) is 15.6 Å². The van der Waals surface area contributed by atoms with E-state index in [0.717, 1.165) is 12.0 Å². The van der Waals surface area contributed by atoms with Gasteiger partial charge in [0.1, 0.15) is 17.5 Å². The van der Waals surface area contributed by atoms with Crippen LogP contribution in [0.3, 0.4) is 0 Å². The van der Waals surface area contributed by atoms with E-state index in [9.17, 15) is 13.6 Å². The van der Waals surface area contributed by atoms with Gasteiger partial charge in [-0.1, -0.05) is 18.2 Å². The molecule has 0 saturated heterocycles. The molecule has 0 aliphatic carbocycles. The first-order valence-corrected chi connectivity index (χ1v) is 8.11. The highest BCUT2D eigenvalue weighted by atomic mass is 19.1. The molecule has 1 heterocycles. The highest BCUT2D eigenvalue weighted by molar-refractivity contribution is 6.04. The van der Waals surface area contributed by atoms with Crippen molar-refractivity contribution in [2.24, 2.45) is 0 Å². The van der Waals surface area contributed by atoms with Gasteiger partial charge in [0.05, 0.1) is 11.9 Å². The van der Waals surface area contributed by atoms with Crippen LogP contribution in [-0.2, 0) is 6.42 Å². The molecular formula is C20H17F2N3O. The first-order valence-electron chi connectivity index (χ1n) is 8.11. The van der Waals surface area contributed by atoms with Gasteiger partial charge >= 0.3 is 0 Å². The van der Waals surface area contributed by atoms with Crippen molar-refractivity contribution in [1.82, 2.24) is 4.98 Å². The van der Waals surface area contributed by atoms with Crippen molar-refractivity contribution in [2.75, 3.05) is 17.2 Å². The fourth-order valence-corrected chi connectivity index (χ4v) is 2.39. The molecule has 4 nitrogen and oxygen atoms in total. The van der Waals surface area contributed by atoms with Crippen molar-refractivity contribution >= 4 is 17.4 Å². The molecule has 1 amide bonds. The Bertz CT molecular complexity index is 880. The summed E-state index contributed by atoms with van der Waals surface area (Å²) in [6.45, 7) is 0.646. The minimum atomic E-state index is -0.462. The van der Waals surface area contributed by atoms with E-state index in [1.54, 1.807) is 24.3 Å². The number of halogens is 2. The normalized spacial score (nSPS) is 10.4. The SMILES string of the molecule is O=C(Nc1ccc(NCCc2ccc(F)cc2)nc1)c1cccc(F)c1. The maximum Gasteiger partial charge on any atom is 0.255 e. The number of aromatic nitrogens is 1. The number of rotatable bonds is 6. The van der Waals surface area contributed by atoms with Gasteiger partial charge in [0.2, 0.25) is 0 Å². The Balaban J connectivity index is 1.51. The largest absolute Gasteiger partial charge is 0.370 e. The maximum atomic E-state index is 13.2. The van der Waals surface area contributed by atoms with Gasteiger partial charge in [0.25, 0.3) is 5.91 Å². The molecule has 1 aromatic heterocycles. The highest BCUT2D eigenvalue weighted by Crippen LogP contribution is 2.12. The van der Waals surface area contributed by atoms with Crippen LogP contribution in [0.4, 0.5) is 20.3 Å². The Morgan fingerprint density at radius 2 is 1.77 bits per heavy atom. The third kappa shape index (κ3) is 4.86. The fourth-order valence-electron chi connectivity index (χ4n) is 2.39. The summed E-state index contributed by atoms with van der Waals surface area (Å²) in [5.74, 6) is -0.449. The van der Waals surface area contributed by atoms with Crippen molar-refractivity contribution < 1.29 is 13.6 Å². The molecule has 0 fully saturated rings. The lowest BCUT2D eigenvalue weighted by atomic mass is 10.1. The number of hydrogen-bond acceptors (Lipinski definition) is 3. The lowest BCUT2D eigenvalue weighted by Gasteiger charge is -2.08. The Morgan fingerprint density at radius 3 is 2.46 bits per heavy atom.